The summed E-state index contributed by atoms with van der Waals surface area (Å²) in [5.41, 5.74) is 3.67. The summed E-state index contributed by atoms with van der Waals surface area (Å²) in [6, 6.07) is 10.9. The molecular weight excluding hydrogens is 392 g/mol. The van der Waals surface area contributed by atoms with E-state index in [0.29, 0.717) is 17.9 Å². The summed E-state index contributed by atoms with van der Waals surface area (Å²) in [6.07, 6.45) is 4.11. The van der Waals surface area contributed by atoms with Crippen LogP contribution in [0.2, 0.25) is 0 Å². The first kappa shape index (κ1) is 19.3. The SMILES string of the molecule is CC(=O)N1CC(C)Sc2ccc(S(=O)(=O)Nc3cccc4c3CCCC4)cc21. The van der Waals surface area contributed by atoms with Crippen molar-refractivity contribution in [2.75, 3.05) is 16.2 Å². The predicted molar refractivity (Wildman–Crippen MR) is 114 cm³/mol. The van der Waals surface area contributed by atoms with E-state index in [0.717, 1.165) is 36.1 Å². The van der Waals surface area contributed by atoms with Gasteiger partial charge in [-0.2, -0.15) is 0 Å². The van der Waals surface area contributed by atoms with Crippen LogP contribution in [0.1, 0.15) is 37.8 Å². The van der Waals surface area contributed by atoms with Crippen LogP contribution in [0, 0.1) is 0 Å². The molecule has 148 valence electrons. The quantitative estimate of drug-likeness (QED) is 0.814. The van der Waals surface area contributed by atoms with Crippen molar-refractivity contribution < 1.29 is 13.2 Å². The van der Waals surface area contributed by atoms with Gasteiger partial charge in [0.1, 0.15) is 0 Å². The third-order valence-electron chi connectivity index (χ3n) is 5.32. The molecule has 4 rings (SSSR count). The number of benzene rings is 2. The fraction of sp³-hybridized carbons (Fsp3) is 0.381. The zero-order valence-electron chi connectivity index (χ0n) is 16.1. The number of nitrogens with one attached hydrogen (secondary N) is 1. The Labute approximate surface area is 170 Å². The van der Waals surface area contributed by atoms with Gasteiger partial charge in [-0.1, -0.05) is 19.1 Å². The first-order valence-electron chi connectivity index (χ1n) is 9.57. The summed E-state index contributed by atoms with van der Waals surface area (Å²) in [5, 5.41) is 0.271. The Morgan fingerprint density at radius 3 is 2.75 bits per heavy atom. The maximum atomic E-state index is 13.1. The smallest absolute Gasteiger partial charge is 0.261 e. The van der Waals surface area contributed by atoms with Gasteiger partial charge in [0.2, 0.25) is 5.91 Å². The molecule has 1 unspecified atom stereocenters. The second kappa shape index (κ2) is 7.44. The number of sulfonamides is 1. The Morgan fingerprint density at radius 1 is 1.18 bits per heavy atom. The molecule has 28 heavy (non-hydrogen) atoms. The lowest BCUT2D eigenvalue weighted by Gasteiger charge is -2.32. The Morgan fingerprint density at radius 2 is 1.96 bits per heavy atom. The van der Waals surface area contributed by atoms with Gasteiger partial charge in [0.05, 0.1) is 16.3 Å². The zero-order chi connectivity index (χ0) is 19.9. The second-order valence-electron chi connectivity index (χ2n) is 7.44. The average Bonchev–Trinajstić information content (AvgIpc) is 2.67. The van der Waals surface area contributed by atoms with E-state index < -0.39 is 10.0 Å². The molecule has 5 nitrogen and oxygen atoms in total. The number of anilines is 2. The van der Waals surface area contributed by atoms with Gasteiger partial charge in [-0.15, -0.1) is 11.8 Å². The molecule has 0 bridgehead atoms. The number of nitrogens with zero attached hydrogens (tertiary/aromatic N) is 1. The van der Waals surface area contributed by atoms with Crippen molar-refractivity contribution in [1.82, 2.24) is 0 Å². The molecule has 1 N–H and O–H groups in total. The number of hydrogen-bond donors (Lipinski definition) is 1. The maximum Gasteiger partial charge on any atom is 0.261 e. The molecule has 0 saturated heterocycles. The first-order chi connectivity index (χ1) is 13.3. The number of carbonyl (C=O) groups is 1. The zero-order valence-corrected chi connectivity index (χ0v) is 17.7. The van der Waals surface area contributed by atoms with Crippen LogP contribution in [0.4, 0.5) is 11.4 Å². The molecule has 1 amide bonds. The van der Waals surface area contributed by atoms with Gasteiger partial charge in [-0.05, 0) is 61.1 Å². The summed E-state index contributed by atoms with van der Waals surface area (Å²) in [7, 11) is -3.74. The number of amides is 1. The normalized spacial score (nSPS) is 18.9. The third-order valence-corrected chi connectivity index (χ3v) is 7.83. The summed E-state index contributed by atoms with van der Waals surface area (Å²) >= 11 is 1.67. The van der Waals surface area contributed by atoms with Gasteiger partial charge < -0.3 is 4.90 Å². The second-order valence-corrected chi connectivity index (χ2v) is 10.6. The number of aryl methyl sites for hydroxylation is 1. The van der Waals surface area contributed by atoms with Crippen LogP contribution >= 0.6 is 11.8 Å². The minimum Gasteiger partial charge on any atom is -0.310 e. The predicted octanol–water partition coefficient (Wildman–Crippen LogP) is 4.21. The monoisotopic (exact) mass is 416 g/mol. The van der Waals surface area contributed by atoms with Gasteiger partial charge in [0, 0.05) is 23.6 Å². The fourth-order valence-corrected chi connectivity index (χ4v) is 6.17. The van der Waals surface area contributed by atoms with Crippen molar-refractivity contribution in [1.29, 1.82) is 0 Å². The van der Waals surface area contributed by atoms with Crippen molar-refractivity contribution in [2.45, 2.75) is 54.6 Å². The van der Waals surface area contributed by atoms with Crippen LogP contribution < -0.4 is 9.62 Å². The lowest BCUT2D eigenvalue weighted by atomic mass is 9.91. The van der Waals surface area contributed by atoms with Gasteiger partial charge in [-0.3, -0.25) is 9.52 Å². The van der Waals surface area contributed by atoms with Gasteiger partial charge >= 0.3 is 0 Å². The molecule has 0 aromatic heterocycles. The minimum absolute atomic E-state index is 0.0759. The maximum absolute atomic E-state index is 13.1. The van der Waals surface area contributed by atoms with Crippen molar-refractivity contribution in [3.05, 3.63) is 47.5 Å². The lowest BCUT2D eigenvalue weighted by molar-refractivity contribution is -0.116. The molecule has 2 aromatic carbocycles. The van der Waals surface area contributed by atoms with Crippen molar-refractivity contribution in [3.8, 4) is 0 Å². The molecule has 2 aliphatic rings. The molecule has 1 atom stereocenters. The summed E-state index contributed by atoms with van der Waals surface area (Å²) in [6.45, 7) is 4.16. The van der Waals surface area contributed by atoms with E-state index in [1.54, 1.807) is 34.9 Å². The molecule has 1 heterocycles. The van der Waals surface area contributed by atoms with E-state index in [4.69, 9.17) is 0 Å². The van der Waals surface area contributed by atoms with Gasteiger partial charge in [0.25, 0.3) is 10.0 Å². The topological polar surface area (TPSA) is 66.5 Å². The van der Waals surface area contributed by atoms with E-state index in [-0.39, 0.29) is 16.1 Å². The Kier molecular flexibility index (Phi) is 5.14. The van der Waals surface area contributed by atoms with E-state index >= 15 is 0 Å². The molecule has 1 aliphatic heterocycles. The highest BCUT2D eigenvalue weighted by molar-refractivity contribution is 8.00. The van der Waals surface area contributed by atoms with Crippen molar-refractivity contribution in [2.24, 2.45) is 0 Å². The molecule has 0 saturated carbocycles. The molecule has 0 spiro atoms. The van der Waals surface area contributed by atoms with Crippen LogP contribution in [0.25, 0.3) is 0 Å². The number of thioether (sulfide) groups is 1. The van der Waals surface area contributed by atoms with Crippen LogP contribution in [0.5, 0.6) is 0 Å². The molecule has 0 radical (unpaired) electrons. The van der Waals surface area contributed by atoms with Crippen LogP contribution in [0.3, 0.4) is 0 Å². The number of hydrogen-bond acceptors (Lipinski definition) is 4. The summed E-state index contributed by atoms with van der Waals surface area (Å²) in [4.78, 5) is 14.9. The van der Waals surface area contributed by atoms with Crippen LogP contribution in [-0.4, -0.2) is 26.1 Å². The third kappa shape index (κ3) is 3.65. The van der Waals surface area contributed by atoms with Crippen molar-refractivity contribution in [3.63, 3.8) is 0 Å². The summed E-state index contributed by atoms with van der Waals surface area (Å²) < 4.78 is 29.0. The Balaban J connectivity index is 1.70. The van der Waals surface area contributed by atoms with E-state index in [9.17, 15) is 13.2 Å². The number of fused-ring (bicyclic) bond motifs is 2. The Hall–Kier alpha value is -1.99. The fourth-order valence-electron chi connectivity index (χ4n) is 3.96. The number of carbonyl (C=O) groups excluding carboxylic acids is 1. The molecule has 2 aromatic rings. The highest BCUT2D eigenvalue weighted by atomic mass is 32.2. The average molecular weight is 417 g/mol. The molecule has 1 aliphatic carbocycles. The lowest BCUT2D eigenvalue weighted by Crippen LogP contribution is -2.37. The van der Waals surface area contributed by atoms with Gasteiger partial charge in [0.15, 0.2) is 0 Å². The van der Waals surface area contributed by atoms with Crippen molar-refractivity contribution >= 4 is 39.1 Å². The first-order valence-corrected chi connectivity index (χ1v) is 11.9. The number of rotatable bonds is 3. The minimum atomic E-state index is -3.74. The van der Waals surface area contributed by atoms with E-state index in [1.165, 1.54) is 12.5 Å². The molecule has 0 fully saturated rings. The highest BCUT2D eigenvalue weighted by Gasteiger charge is 2.27. The van der Waals surface area contributed by atoms with Crippen LogP contribution in [0.15, 0.2) is 46.2 Å². The van der Waals surface area contributed by atoms with Crippen LogP contribution in [-0.2, 0) is 27.7 Å². The van der Waals surface area contributed by atoms with E-state index in [1.807, 2.05) is 12.1 Å². The summed E-state index contributed by atoms with van der Waals surface area (Å²) in [5.74, 6) is -0.0759. The van der Waals surface area contributed by atoms with Gasteiger partial charge in [-0.25, -0.2) is 8.42 Å². The van der Waals surface area contributed by atoms with E-state index in [2.05, 4.69) is 17.7 Å². The highest BCUT2D eigenvalue weighted by Crippen LogP contribution is 2.40. The molecule has 7 heteroatoms. The molecular formula is C21H24N2O3S2. The largest absolute Gasteiger partial charge is 0.310 e. The standard InChI is InChI=1S/C21H24N2O3S2/c1-14-13-23(15(2)24)20-12-17(10-11-21(20)27-14)28(25,26)22-19-9-5-7-16-6-3-4-8-18(16)19/h5,7,9-12,14,22H,3-4,6,8,13H2,1-2H3. The Bertz CT molecular complexity index is 1030.